The zero-order chi connectivity index (χ0) is 35.2. The Morgan fingerprint density at radius 2 is 0.854 bits per heavy atom. The standard InChI is InChI=1S/C43H83NO4/c1-3-5-7-9-11-13-15-16-17-18-19-20-21-22-23-24-25-26-28-29-31-33-35-37-41(46)43(48)40(39-45)44-42(47)38-36-34-32-30-27-14-12-10-8-6-4-2/h24-25,29,31,40-41,43,45-46,48H,3-23,26-28,30,32-39H2,1-2H3,(H,44,47)/b25-24+,31-29+. The lowest BCUT2D eigenvalue weighted by atomic mass is 10.0. The van der Waals surface area contributed by atoms with E-state index in [4.69, 9.17) is 0 Å². The highest BCUT2D eigenvalue weighted by Crippen LogP contribution is 2.15. The Kier molecular flexibility index (Phi) is 37.7. The fourth-order valence-corrected chi connectivity index (χ4v) is 6.47. The van der Waals surface area contributed by atoms with Crippen LogP contribution in [-0.4, -0.2) is 46.1 Å². The first-order valence-electron chi connectivity index (χ1n) is 21.1. The van der Waals surface area contributed by atoms with Gasteiger partial charge in [-0.3, -0.25) is 4.79 Å². The van der Waals surface area contributed by atoms with Gasteiger partial charge in [-0.1, -0.05) is 186 Å². The van der Waals surface area contributed by atoms with Crippen molar-refractivity contribution in [3.63, 3.8) is 0 Å². The molecule has 5 nitrogen and oxygen atoms in total. The van der Waals surface area contributed by atoms with Crippen LogP contribution in [0.25, 0.3) is 0 Å². The maximum atomic E-state index is 12.3. The number of hydrogen-bond donors (Lipinski definition) is 4. The third-order valence-corrected chi connectivity index (χ3v) is 9.79. The summed E-state index contributed by atoms with van der Waals surface area (Å²) in [5.74, 6) is -0.159. The second-order valence-corrected chi connectivity index (χ2v) is 14.5. The van der Waals surface area contributed by atoms with Gasteiger partial charge in [-0.05, 0) is 51.4 Å². The first-order valence-corrected chi connectivity index (χ1v) is 21.1. The molecule has 48 heavy (non-hydrogen) atoms. The summed E-state index contributed by atoms with van der Waals surface area (Å²) in [4.78, 5) is 12.3. The minimum Gasteiger partial charge on any atom is -0.394 e. The van der Waals surface area contributed by atoms with Crippen molar-refractivity contribution in [1.82, 2.24) is 5.32 Å². The van der Waals surface area contributed by atoms with Gasteiger partial charge in [0.25, 0.3) is 0 Å². The SMILES string of the molecule is CCCCCCCCCCCCCCCC/C=C/CC/C=C/CCCC(O)C(O)C(CO)NC(=O)CCCCCCCCCCCCC. The van der Waals surface area contributed by atoms with Crippen molar-refractivity contribution in [3.8, 4) is 0 Å². The largest absolute Gasteiger partial charge is 0.394 e. The van der Waals surface area contributed by atoms with Crippen LogP contribution in [0.3, 0.4) is 0 Å². The van der Waals surface area contributed by atoms with E-state index in [9.17, 15) is 20.1 Å². The molecular weight excluding hydrogens is 594 g/mol. The third-order valence-electron chi connectivity index (χ3n) is 9.79. The molecule has 5 heteroatoms. The summed E-state index contributed by atoms with van der Waals surface area (Å²) in [6, 6.07) is -0.827. The van der Waals surface area contributed by atoms with Gasteiger partial charge in [0, 0.05) is 6.42 Å². The maximum Gasteiger partial charge on any atom is 0.220 e. The van der Waals surface area contributed by atoms with E-state index in [0.717, 1.165) is 44.9 Å². The monoisotopic (exact) mass is 678 g/mol. The van der Waals surface area contributed by atoms with E-state index >= 15 is 0 Å². The highest BCUT2D eigenvalue weighted by molar-refractivity contribution is 5.76. The molecule has 0 bridgehead atoms. The lowest BCUT2D eigenvalue weighted by Crippen LogP contribution is -2.50. The van der Waals surface area contributed by atoms with E-state index in [0.29, 0.717) is 12.8 Å². The molecular formula is C43H83NO4. The maximum absolute atomic E-state index is 12.3. The number of carbonyl (C=O) groups excluding carboxylic acids is 1. The molecule has 3 atom stereocenters. The molecule has 0 spiro atoms. The Morgan fingerprint density at radius 3 is 1.27 bits per heavy atom. The molecule has 0 aliphatic rings. The number of unbranched alkanes of at least 4 members (excludes halogenated alkanes) is 26. The molecule has 0 saturated carbocycles. The lowest BCUT2D eigenvalue weighted by Gasteiger charge is -2.26. The van der Waals surface area contributed by atoms with Crippen LogP contribution in [0.4, 0.5) is 0 Å². The molecule has 4 N–H and O–H groups in total. The number of amides is 1. The van der Waals surface area contributed by atoms with Gasteiger partial charge in [-0.2, -0.15) is 0 Å². The summed E-state index contributed by atoms with van der Waals surface area (Å²) >= 11 is 0. The van der Waals surface area contributed by atoms with Gasteiger partial charge in [0.2, 0.25) is 5.91 Å². The quantitative estimate of drug-likeness (QED) is 0.0387. The number of allylic oxidation sites excluding steroid dienone is 4. The summed E-state index contributed by atoms with van der Waals surface area (Å²) in [5, 5.41) is 33.4. The van der Waals surface area contributed by atoms with Crippen LogP contribution >= 0.6 is 0 Å². The Hall–Kier alpha value is -1.17. The normalized spacial score (nSPS) is 13.9. The summed E-state index contributed by atoms with van der Waals surface area (Å²) in [5.41, 5.74) is 0. The molecule has 3 unspecified atom stereocenters. The minimum absolute atomic E-state index is 0.159. The third kappa shape index (κ3) is 33.3. The predicted molar refractivity (Wildman–Crippen MR) is 208 cm³/mol. The van der Waals surface area contributed by atoms with E-state index in [1.54, 1.807) is 0 Å². The van der Waals surface area contributed by atoms with Crippen LogP contribution in [-0.2, 0) is 4.79 Å². The summed E-state index contributed by atoms with van der Waals surface area (Å²) in [7, 11) is 0. The Bertz CT molecular complexity index is 709. The van der Waals surface area contributed by atoms with Crippen molar-refractivity contribution >= 4 is 5.91 Å². The number of hydrogen-bond acceptors (Lipinski definition) is 4. The van der Waals surface area contributed by atoms with Gasteiger partial charge < -0.3 is 20.6 Å². The van der Waals surface area contributed by atoms with Gasteiger partial charge in [-0.15, -0.1) is 0 Å². The number of rotatable bonds is 38. The lowest BCUT2D eigenvalue weighted by molar-refractivity contribution is -0.124. The van der Waals surface area contributed by atoms with Gasteiger partial charge in [0.05, 0.1) is 18.8 Å². The Morgan fingerprint density at radius 1 is 0.500 bits per heavy atom. The van der Waals surface area contributed by atoms with E-state index in [1.165, 1.54) is 148 Å². The molecule has 284 valence electrons. The molecule has 0 fully saturated rings. The van der Waals surface area contributed by atoms with Crippen molar-refractivity contribution in [3.05, 3.63) is 24.3 Å². The van der Waals surface area contributed by atoms with Crippen molar-refractivity contribution in [2.24, 2.45) is 0 Å². The molecule has 0 aliphatic heterocycles. The van der Waals surface area contributed by atoms with Crippen LogP contribution in [0, 0.1) is 0 Å². The Balaban J connectivity index is 3.67. The molecule has 0 radical (unpaired) electrons. The van der Waals surface area contributed by atoms with Crippen molar-refractivity contribution < 1.29 is 20.1 Å². The van der Waals surface area contributed by atoms with E-state index in [-0.39, 0.29) is 12.5 Å². The van der Waals surface area contributed by atoms with Crippen LogP contribution < -0.4 is 5.32 Å². The fourth-order valence-electron chi connectivity index (χ4n) is 6.47. The molecule has 0 heterocycles. The van der Waals surface area contributed by atoms with Gasteiger partial charge in [0.1, 0.15) is 6.10 Å². The van der Waals surface area contributed by atoms with Crippen molar-refractivity contribution in [1.29, 1.82) is 0 Å². The van der Waals surface area contributed by atoms with Gasteiger partial charge >= 0.3 is 0 Å². The molecule has 0 aliphatic carbocycles. The minimum atomic E-state index is -1.16. The Labute approximate surface area is 299 Å². The topological polar surface area (TPSA) is 89.8 Å². The molecule has 0 aromatic carbocycles. The first-order chi connectivity index (χ1) is 23.6. The number of carbonyl (C=O) groups is 1. The second kappa shape index (κ2) is 38.6. The van der Waals surface area contributed by atoms with E-state index in [1.807, 2.05) is 0 Å². The second-order valence-electron chi connectivity index (χ2n) is 14.5. The zero-order valence-electron chi connectivity index (χ0n) is 32.1. The van der Waals surface area contributed by atoms with Crippen molar-refractivity contribution in [2.75, 3.05) is 6.61 Å². The average molecular weight is 678 g/mol. The summed E-state index contributed by atoms with van der Waals surface area (Å²) < 4.78 is 0. The molecule has 0 aromatic rings. The zero-order valence-corrected chi connectivity index (χ0v) is 32.1. The molecule has 0 saturated heterocycles. The van der Waals surface area contributed by atoms with Gasteiger partial charge in [-0.25, -0.2) is 0 Å². The van der Waals surface area contributed by atoms with Crippen LogP contribution in [0.15, 0.2) is 24.3 Å². The molecule has 0 rings (SSSR count). The average Bonchev–Trinajstić information content (AvgIpc) is 3.09. The smallest absolute Gasteiger partial charge is 0.220 e. The van der Waals surface area contributed by atoms with Crippen LogP contribution in [0.1, 0.15) is 219 Å². The molecule has 1 amide bonds. The van der Waals surface area contributed by atoms with Crippen molar-refractivity contribution in [2.45, 2.75) is 238 Å². The highest BCUT2D eigenvalue weighted by Gasteiger charge is 2.26. The molecule has 0 aromatic heterocycles. The predicted octanol–water partition coefficient (Wildman–Crippen LogP) is 11.8. The van der Waals surface area contributed by atoms with Crippen LogP contribution in [0.2, 0.25) is 0 Å². The highest BCUT2D eigenvalue weighted by atomic mass is 16.3. The summed E-state index contributed by atoms with van der Waals surface area (Å²) in [6.07, 6.45) is 45.8. The number of aliphatic hydroxyl groups excluding tert-OH is 3. The summed E-state index contributed by atoms with van der Waals surface area (Å²) in [6.45, 7) is 4.15. The first kappa shape index (κ1) is 46.8. The van der Waals surface area contributed by atoms with Crippen LogP contribution in [0.5, 0.6) is 0 Å². The van der Waals surface area contributed by atoms with E-state index < -0.39 is 18.2 Å². The fraction of sp³-hybridized carbons (Fsp3) is 0.884. The number of aliphatic hydroxyl groups is 3. The van der Waals surface area contributed by atoms with Gasteiger partial charge in [0.15, 0.2) is 0 Å². The number of nitrogens with one attached hydrogen (secondary N) is 1. The van der Waals surface area contributed by atoms with E-state index in [2.05, 4.69) is 43.5 Å².